The number of amides is 1. The molecular weight excluding hydrogens is 272 g/mol. The molecule has 104 valence electrons. The van der Waals surface area contributed by atoms with Crippen molar-refractivity contribution < 1.29 is 9.53 Å². The number of nitrogens with zero attached hydrogens (tertiary/aromatic N) is 1. The summed E-state index contributed by atoms with van der Waals surface area (Å²) in [6.45, 7) is 0. The number of rotatable bonds is 2. The van der Waals surface area contributed by atoms with Crippen LogP contribution in [-0.4, -0.2) is 40.5 Å². The summed E-state index contributed by atoms with van der Waals surface area (Å²) in [6, 6.07) is 10.1. The monoisotopic (exact) mass is 288 g/mol. The molecule has 0 aromatic heterocycles. The molecule has 2 aliphatic heterocycles. The van der Waals surface area contributed by atoms with Crippen molar-refractivity contribution in [1.29, 1.82) is 5.41 Å². The second-order valence-electron chi connectivity index (χ2n) is 5.69. The molecule has 2 saturated heterocycles. The number of ether oxygens (including phenoxy) is 1. The SMILES string of the molecule is N=C1O[C@@H]2CSC[C@H]2N1C(=O)C1(c2ccccc2)CC1. The molecule has 2 heterocycles. The van der Waals surface area contributed by atoms with Gasteiger partial charge in [0, 0.05) is 11.5 Å². The first-order chi connectivity index (χ1) is 9.72. The topological polar surface area (TPSA) is 53.4 Å². The van der Waals surface area contributed by atoms with Crippen LogP contribution in [0.25, 0.3) is 0 Å². The lowest BCUT2D eigenvalue weighted by Gasteiger charge is -2.25. The first kappa shape index (κ1) is 12.3. The highest BCUT2D eigenvalue weighted by Gasteiger charge is 2.58. The Morgan fingerprint density at radius 1 is 1.30 bits per heavy atom. The lowest BCUT2D eigenvalue weighted by molar-refractivity contribution is -0.131. The highest BCUT2D eigenvalue weighted by molar-refractivity contribution is 7.99. The average molecular weight is 288 g/mol. The van der Waals surface area contributed by atoms with Crippen LogP contribution in [0.3, 0.4) is 0 Å². The predicted molar refractivity (Wildman–Crippen MR) is 77.9 cm³/mol. The molecule has 3 aliphatic rings. The van der Waals surface area contributed by atoms with Crippen molar-refractivity contribution in [2.45, 2.75) is 30.4 Å². The van der Waals surface area contributed by atoms with Gasteiger partial charge in [-0.05, 0) is 18.4 Å². The van der Waals surface area contributed by atoms with Gasteiger partial charge in [0.25, 0.3) is 6.02 Å². The zero-order valence-corrected chi connectivity index (χ0v) is 11.9. The second-order valence-corrected chi connectivity index (χ2v) is 6.76. The van der Waals surface area contributed by atoms with Gasteiger partial charge < -0.3 is 4.74 Å². The number of hydrogen-bond acceptors (Lipinski definition) is 4. The minimum atomic E-state index is -0.404. The molecule has 0 spiro atoms. The molecule has 5 heteroatoms. The minimum absolute atomic E-state index is 0.0167. The first-order valence-corrected chi connectivity index (χ1v) is 8.10. The Morgan fingerprint density at radius 2 is 2.05 bits per heavy atom. The van der Waals surface area contributed by atoms with E-state index in [1.807, 2.05) is 30.3 Å². The fraction of sp³-hybridized carbons (Fsp3) is 0.467. The minimum Gasteiger partial charge on any atom is -0.459 e. The van der Waals surface area contributed by atoms with Gasteiger partial charge in [0.1, 0.15) is 6.10 Å². The molecule has 1 saturated carbocycles. The lowest BCUT2D eigenvalue weighted by atomic mass is 9.94. The van der Waals surface area contributed by atoms with Crippen molar-refractivity contribution in [2.24, 2.45) is 0 Å². The summed E-state index contributed by atoms with van der Waals surface area (Å²) >= 11 is 1.80. The van der Waals surface area contributed by atoms with Crippen molar-refractivity contribution in [3.63, 3.8) is 0 Å². The molecule has 0 unspecified atom stereocenters. The smallest absolute Gasteiger partial charge is 0.292 e. The average Bonchev–Trinajstić information content (AvgIpc) is 3.07. The van der Waals surface area contributed by atoms with Crippen molar-refractivity contribution in [1.82, 2.24) is 4.90 Å². The van der Waals surface area contributed by atoms with E-state index in [2.05, 4.69) is 0 Å². The number of hydrogen-bond donors (Lipinski definition) is 1. The fourth-order valence-electron chi connectivity index (χ4n) is 3.21. The summed E-state index contributed by atoms with van der Waals surface area (Å²) in [5.74, 6) is 1.82. The van der Waals surface area contributed by atoms with Crippen molar-refractivity contribution in [2.75, 3.05) is 11.5 Å². The highest BCUT2D eigenvalue weighted by atomic mass is 32.2. The van der Waals surface area contributed by atoms with Crippen LogP contribution in [-0.2, 0) is 14.9 Å². The van der Waals surface area contributed by atoms with Gasteiger partial charge in [0.2, 0.25) is 5.91 Å². The first-order valence-electron chi connectivity index (χ1n) is 6.94. The molecule has 3 fully saturated rings. The van der Waals surface area contributed by atoms with Gasteiger partial charge >= 0.3 is 0 Å². The zero-order chi connectivity index (χ0) is 13.7. The van der Waals surface area contributed by atoms with E-state index in [0.717, 1.165) is 29.9 Å². The molecule has 1 aromatic rings. The quantitative estimate of drug-likeness (QED) is 0.905. The molecule has 1 aromatic carbocycles. The largest absolute Gasteiger partial charge is 0.459 e. The third kappa shape index (κ3) is 1.62. The van der Waals surface area contributed by atoms with Gasteiger partial charge in [-0.25, -0.2) is 0 Å². The number of amidine groups is 1. The number of carbonyl (C=O) groups is 1. The maximum absolute atomic E-state index is 13.0. The Labute approximate surface area is 122 Å². The van der Waals surface area contributed by atoms with Crippen molar-refractivity contribution in [3.8, 4) is 0 Å². The van der Waals surface area contributed by atoms with Gasteiger partial charge in [-0.1, -0.05) is 30.3 Å². The Kier molecular flexibility index (Phi) is 2.61. The molecule has 0 radical (unpaired) electrons. The normalized spacial score (nSPS) is 30.0. The van der Waals surface area contributed by atoms with E-state index >= 15 is 0 Å². The van der Waals surface area contributed by atoms with Crippen LogP contribution in [0.5, 0.6) is 0 Å². The summed E-state index contributed by atoms with van der Waals surface area (Å²) in [5, 5.41) is 7.98. The molecule has 1 aliphatic carbocycles. The molecule has 1 N–H and O–H groups in total. The Balaban J connectivity index is 1.66. The maximum atomic E-state index is 13.0. The third-order valence-corrected chi connectivity index (χ3v) is 5.66. The molecule has 4 rings (SSSR count). The zero-order valence-electron chi connectivity index (χ0n) is 11.0. The maximum Gasteiger partial charge on any atom is 0.292 e. The number of fused-ring (bicyclic) bond motifs is 1. The lowest BCUT2D eigenvalue weighted by Crippen LogP contribution is -2.46. The van der Waals surface area contributed by atoms with Crippen LogP contribution in [0.2, 0.25) is 0 Å². The standard InChI is InChI=1S/C15H16N2O2S/c16-14-17(11-8-20-9-12(11)19-14)13(18)15(6-7-15)10-4-2-1-3-5-10/h1-5,11-12,16H,6-9H2/t11-,12-/m1/s1. The Hall–Kier alpha value is -1.49. The van der Waals surface area contributed by atoms with E-state index in [1.165, 1.54) is 0 Å². The van der Waals surface area contributed by atoms with E-state index in [0.29, 0.717) is 0 Å². The molecule has 0 bridgehead atoms. The van der Waals surface area contributed by atoms with Crippen molar-refractivity contribution >= 4 is 23.7 Å². The van der Waals surface area contributed by atoms with Gasteiger partial charge in [0.05, 0.1) is 11.5 Å². The van der Waals surface area contributed by atoms with Crippen LogP contribution in [0, 0.1) is 5.41 Å². The summed E-state index contributed by atoms with van der Waals surface area (Å²) in [5.41, 5.74) is 0.672. The number of thioether (sulfide) groups is 1. The van der Waals surface area contributed by atoms with Gasteiger partial charge in [-0.15, -0.1) is 0 Å². The summed E-state index contributed by atoms with van der Waals surface area (Å²) in [4.78, 5) is 14.6. The number of benzene rings is 1. The van der Waals surface area contributed by atoms with Crippen LogP contribution in [0.15, 0.2) is 30.3 Å². The highest BCUT2D eigenvalue weighted by Crippen LogP contribution is 2.51. The Morgan fingerprint density at radius 3 is 2.75 bits per heavy atom. The summed E-state index contributed by atoms with van der Waals surface area (Å²) < 4.78 is 5.55. The number of nitrogens with one attached hydrogen (secondary N) is 1. The molecule has 2 atom stereocenters. The second kappa shape index (κ2) is 4.25. The summed E-state index contributed by atoms with van der Waals surface area (Å²) in [7, 11) is 0. The van der Waals surface area contributed by atoms with E-state index in [1.54, 1.807) is 16.7 Å². The molecular formula is C15H16N2O2S. The molecule has 20 heavy (non-hydrogen) atoms. The molecule has 4 nitrogen and oxygen atoms in total. The van der Waals surface area contributed by atoms with Crippen LogP contribution in [0.1, 0.15) is 18.4 Å². The summed E-state index contributed by atoms with van der Waals surface area (Å²) in [6.07, 6.45) is 1.77. The van der Waals surface area contributed by atoms with Crippen LogP contribution < -0.4 is 0 Å². The van der Waals surface area contributed by atoms with E-state index < -0.39 is 5.41 Å². The Bertz CT molecular complexity index is 570. The van der Waals surface area contributed by atoms with Crippen molar-refractivity contribution in [3.05, 3.63) is 35.9 Å². The number of carbonyl (C=O) groups excluding carboxylic acids is 1. The predicted octanol–water partition coefficient (Wildman–Crippen LogP) is 2.00. The third-order valence-electron chi connectivity index (χ3n) is 4.52. The fourth-order valence-corrected chi connectivity index (χ4v) is 4.47. The van der Waals surface area contributed by atoms with E-state index in [9.17, 15) is 4.79 Å². The van der Waals surface area contributed by atoms with Crippen LogP contribution >= 0.6 is 11.8 Å². The van der Waals surface area contributed by atoms with Gasteiger partial charge in [-0.2, -0.15) is 11.8 Å². The van der Waals surface area contributed by atoms with E-state index in [4.69, 9.17) is 10.1 Å². The van der Waals surface area contributed by atoms with Gasteiger partial charge in [-0.3, -0.25) is 15.1 Å². The van der Waals surface area contributed by atoms with E-state index in [-0.39, 0.29) is 24.1 Å². The molecule has 1 amide bonds. The van der Waals surface area contributed by atoms with Crippen LogP contribution in [0.4, 0.5) is 0 Å². The van der Waals surface area contributed by atoms with Gasteiger partial charge in [0.15, 0.2) is 0 Å².